The summed E-state index contributed by atoms with van der Waals surface area (Å²) in [5.74, 6) is -0.922. The van der Waals surface area contributed by atoms with E-state index >= 15 is 0 Å². The number of carbonyl (C=O) groups excluding carboxylic acids is 1. The molecule has 8 heteroatoms. The largest absolute Gasteiger partial charge is 0.405 e. The number of benzene rings is 1. The molecule has 0 aromatic heterocycles. The van der Waals surface area contributed by atoms with Gasteiger partial charge in [0.05, 0.1) is 12.1 Å². The maximum atomic E-state index is 12.4. The lowest BCUT2D eigenvalue weighted by Gasteiger charge is -2.51. The minimum Gasteiger partial charge on any atom is -0.405 e. The van der Waals surface area contributed by atoms with Crippen molar-refractivity contribution >= 4 is 52.4 Å². The molecule has 1 unspecified atom stereocenters. The Morgan fingerprint density at radius 1 is 1.17 bits per heavy atom. The fourth-order valence-corrected chi connectivity index (χ4v) is 3.82. The van der Waals surface area contributed by atoms with Gasteiger partial charge in [-0.05, 0) is 13.8 Å². The number of cyclic esters (lactones) is 1. The Morgan fingerprint density at radius 2 is 1.78 bits per heavy atom. The number of carbonyl (C=O) groups is 1. The topological polar surface area (TPSA) is 38.8 Å². The molecule has 2 aliphatic heterocycles. The molecular formula is C15H13Cl4NO3. The molecule has 124 valence electrons. The van der Waals surface area contributed by atoms with Crippen LogP contribution >= 0.6 is 46.4 Å². The summed E-state index contributed by atoms with van der Waals surface area (Å²) < 4.78 is 9.03. The minimum atomic E-state index is -2.01. The summed E-state index contributed by atoms with van der Waals surface area (Å²) in [5, 5.41) is 0. The third kappa shape index (κ3) is 2.27. The van der Waals surface area contributed by atoms with E-state index in [1.807, 2.05) is 19.9 Å². The normalized spacial score (nSPS) is 28.3. The van der Waals surface area contributed by atoms with Crippen molar-refractivity contribution in [3.05, 3.63) is 46.3 Å². The van der Waals surface area contributed by atoms with Crippen molar-refractivity contribution in [2.45, 2.75) is 29.4 Å². The standard InChI is InChI=1S/C15H13Cl4NO3/c1-13(2)8-22-15(9-6-4-3-5-7-9)14(18,19)12(21)23-11(10(16)17)20(13)15/h3-7H,8H2,1-2H3. The van der Waals surface area contributed by atoms with Gasteiger partial charge >= 0.3 is 5.97 Å². The zero-order valence-electron chi connectivity index (χ0n) is 12.3. The summed E-state index contributed by atoms with van der Waals surface area (Å²) in [7, 11) is 0. The third-order valence-electron chi connectivity index (χ3n) is 3.96. The zero-order valence-corrected chi connectivity index (χ0v) is 15.3. The number of alkyl halides is 2. The molecule has 0 radical (unpaired) electrons. The van der Waals surface area contributed by atoms with E-state index in [-0.39, 0.29) is 17.0 Å². The van der Waals surface area contributed by atoms with Crippen molar-refractivity contribution in [3.8, 4) is 0 Å². The first-order valence-corrected chi connectivity index (χ1v) is 8.31. The second-order valence-electron chi connectivity index (χ2n) is 5.98. The van der Waals surface area contributed by atoms with Crippen LogP contribution in [0.2, 0.25) is 0 Å². The van der Waals surface area contributed by atoms with E-state index in [9.17, 15) is 4.79 Å². The molecule has 23 heavy (non-hydrogen) atoms. The molecule has 2 saturated heterocycles. The lowest BCUT2D eigenvalue weighted by molar-refractivity contribution is -0.184. The first-order valence-electron chi connectivity index (χ1n) is 6.80. The van der Waals surface area contributed by atoms with Gasteiger partial charge < -0.3 is 9.47 Å². The molecule has 0 N–H and O–H groups in total. The molecule has 0 spiro atoms. The molecule has 0 bridgehead atoms. The summed E-state index contributed by atoms with van der Waals surface area (Å²) in [5.41, 5.74) is -1.52. The minimum absolute atomic E-state index is 0.0263. The maximum Gasteiger partial charge on any atom is 0.354 e. The fraction of sp³-hybridized carbons (Fsp3) is 0.400. The average Bonchev–Trinajstić information content (AvgIpc) is 2.77. The molecular weight excluding hydrogens is 384 g/mol. The van der Waals surface area contributed by atoms with E-state index in [0.29, 0.717) is 5.56 Å². The van der Waals surface area contributed by atoms with Crippen molar-refractivity contribution < 1.29 is 14.3 Å². The van der Waals surface area contributed by atoms with Gasteiger partial charge in [0.1, 0.15) is 0 Å². The van der Waals surface area contributed by atoms with Gasteiger partial charge in [-0.1, -0.05) is 76.7 Å². The summed E-state index contributed by atoms with van der Waals surface area (Å²) in [6.07, 6.45) is 0. The van der Waals surface area contributed by atoms with Crippen LogP contribution in [0.3, 0.4) is 0 Å². The first kappa shape index (κ1) is 17.2. The van der Waals surface area contributed by atoms with Crippen LogP contribution in [-0.2, 0) is 20.0 Å². The highest BCUT2D eigenvalue weighted by Gasteiger charge is 2.72. The van der Waals surface area contributed by atoms with E-state index in [1.54, 1.807) is 29.2 Å². The second-order valence-corrected chi connectivity index (χ2v) is 8.25. The van der Waals surface area contributed by atoms with Crippen molar-refractivity contribution in [1.29, 1.82) is 0 Å². The highest BCUT2D eigenvalue weighted by Crippen LogP contribution is 2.59. The van der Waals surface area contributed by atoms with Gasteiger partial charge in [-0.15, -0.1) is 0 Å². The van der Waals surface area contributed by atoms with Crippen LogP contribution in [-0.4, -0.2) is 27.3 Å². The maximum absolute atomic E-state index is 12.4. The third-order valence-corrected chi connectivity index (χ3v) is 5.10. The molecule has 0 amide bonds. The van der Waals surface area contributed by atoms with Crippen molar-refractivity contribution in [3.63, 3.8) is 0 Å². The van der Waals surface area contributed by atoms with Gasteiger partial charge in [0, 0.05) is 5.56 Å². The highest BCUT2D eigenvalue weighted by atomic mass is 35.5. The van der Waals surface area contributed by atoms with Gasteiger partial charge in [0.2, 0.25) is 11.6 Å². The predicted molar refractivity (Wildman–Crippen MR) is 89.3 cm³/mol. The van der Waals surface area contributed by atoms with Crippen LogP contribution < -0.4 is 0 Å². The van der Waals surface area contributed by atoms with Crippen molar-refractivity contribution in [1.82, 2.24) is 4.90 Å². The summed E-state index contributed by atoms with van der Waals surface area (Å²) in [4.78, 5) is 14.0. The molecule has 1 aromatic rings. The fourth-order valence-electron chi connectivity index (χ4n) is 3.00. The Kier molecular flexibility index (Phi) is 4.06. The number of fused-ring (bicyclic) bond motifs is 1. The smallest absolute Gasteiger partial charge is 0.354 e. The summed E-state index contributed by atoms with van der Waals surface area (Å²) in [6.45, 7) is 4.01. The Labute approximate surface area is 153 Å². The number of esters is 1. The molecule has 2 aliphatic rings. The number of ether oxygens (including phenoxy) is 2. The zero-order chi connectivity index (χ0) is 17.0. The van der Waals surface area contributed by atoms with Gasteiger partial charge in [0.15, 0.2) is 4.49 Å². The number of hydrogen-bond donors (Lipinski definition) is 0. The van der Waals surface area contributed by atoms with E-state index in [0.717, 1.165) is 0 Å². The molecule has 1 atom stereocenters. The number of hydrogen-bond acceptors (Lipinski definition) is 4. The van der Waals surface area contributed by atoms with Crippen LogP contribution in [0.1, 0.15) is 19.4 Å². The lowest BCUT2D eigenvalue weighted by atomic mass is 9.92. The molecule has 3 rings (SSSR count). The van der Waals surface area contributed by atoms with Crippen LogP contribution in [0.25, 0.3) is 0 Å². The van der Waals surface area contributed by atoms with E-state index in [2.05, 4.69) is 0 Å². The van der Waals surface area contributed by atoms with E-state index in [4.69, 9.17) is 55.9 Å². The molecule has 2 fully saturated rings. The lowest BCUT2D eigenvalue weighted by Crippen LogP contribution is -2.65. The predicted octanol–water partition coefficient (Wildman–Crippen LogP) is 4.29. The van der Waals surface area contributed by atoms with Crippen LogP contribution in [0.5, 0.6) is 0 Å². The van der Waals surface area contributed by atoms with Gasteiger partial charge in [-0.2, -0.15) is 0 Å². The van der Waals surface area contributed by atoms with Crippen LogP contribution in [0.4, 0.5) is 0 Å². The van der Waals surface area contributed by atoms with Gasteiger partial charge in [-0.3, -0.25) is 4.90 Å². The molecule has 0 saturated carbocycles. The summed E-state index contributed by atoms with van der Waals surface area (Å²) in [6, 6.07) is 8.97. The number of nitrogens with zero attached hydrogens (tertiary/aromatic N) is 1. The van der Waals surface area contributed by atoms with Crippen molar-refractivity contribution in [2.24, 2.45) is 0 Å². The van der Waals surface area contributed by atoms with Crippen LogP contribution in [0.15, 0.2) is 40.7 Å². The monoisotopic (exact) mass is 395 g/mol. The highest BCUT2D eigenvalue weighted by molar-refractivity contribution is 6.59. The molecule has 4 nitrogen and oxygen atoms in total. The molecule has 1 aromatic carbocycles. The van der Waals surface area contributed by atoms with Gasteiger partial charge in [-0.25, -0.2) is 4.79 Å². The molecule has 2 heterocycles. The second kappa shape index (κ2) is 5.43. The quantitative estimate of drug-likeness (QED) is 0.524. The van der Waals surface area contributed by atoms with Crippen molar-refractivity contribution in [2.75, 3.05) is 6.61 Å². The number of halogens is 4. The van der Waals surface area contributed by atoms with Crippen LogP contribution in [0, 0.1) is 0 Å². The Morgan fingerprint density at radius 3 is 2.35 bits per heavy atom. The Hall–Kier alpha value is -0.650. The Balaban J connectivity index is 2.34. The van der Waals surface area contributed by atoms with E-state index in [1.165, 1.54) is 0 Å². The van der Waals surface area contributed by atoms with Gasteiger partial charge in [0.25, 0.3) is 4.33 Å². The summed E-state index contributed by atoms with van der Waals surface area (Å²) >= 11 is 24.7. The number of rotatable bonds is 1. The Bertz CT molecular complexity index is 685. The first-order chi connectivity index (χ1) is 10.6. The van der Waals surface area contributed by atoms with E-state index < -0.39 is 21.6 Å². The molecule has 0 aliphatic carbocycles. The average molecular weight is 397 g/mol. The SMILES string of the molecule is CC1(C)COC2(c3ccccc3)N1C(=C(Cl)Cl)OC(=O)C2(Cl)Cl.